The Morgan fingerprint density at radius 1 is 1.18 bits per heavy atom. The second-order valence-corrected chi connectivity index (χ2v) is 6.26. The van der Waals surface area contributed by atoms with Crippen molar-refractivity contribution in [1.82, 2.24) is 0 Å². The van der Waals surface area contributed by atoms with Crippen LogP contribution in [0.15, 0.2) is 24.3 Å². The number of rotatable bonds is 4. The summed E-state index contributed by atoms with van der Waals surface area (Å²) >= 11 is 0. The van der Waals surface area contributed by atoms with Crippen LogP contribution in [0.2, 0.25) is 0 Å². The molecule has 0 aromatic heterocycles. The zero-order chi connectivity index (χ0) is 15.7. The van der Waals surface area contributed by atoms with Crippen LogP contribution in [0, 0.1) is 17.8 Å². The van der Waals surface area contributed by atoms with Gasteiger partial charge in [0.25, 0.3) is 0 Å². The van der Waals surface area contributed by atoms with Crippen LogP contribution >= 0.6 is 0 Å². The van der Waals surface area contributed by atoms with Crippen molar-refractivity contribution in [2.75, 3.05) is 5.32 Å². The fourth-order valence-corrected chi connectivity index (χ4v) is 3.82. The molecule has 2 fully saturated rings. The van der Waals surface area contributed by atoms with Crippen molar-refractivity contribution < 1.29 is 22.7 Å². The standard InChI is InChI=1S/C16H18F3NO2/c17-16(18,19)22-14-5-3-13(4-6-14)20-15(21)9-12-8-10-1-2-11(12)7-10/h3-6,10-12H,1-2,7-9H2,(H,20,21)/t10-,11-,12-/m1/s1. The molecule has 0 unspecified atom stereocenters. The summed E-state index contributed by atoms with van der Waals surface area (Å²) in [5.74, 6) is 1.58. The maximum absolute atomic E-state index is 12.1. The van der Waals surface area contributed by atoms with Gasteiger partial charge in [-0.3, -0.25) is 4.79 Å². The van der Waals surface area contributed by atoms with Gasteiger partial charge in [-0.2, -0.15) is 0 Å². The molecule has 120 valence electrons. The molecule has 0 radical (unpaired) electrons. The van der Waals surface area contributed by atoms with Crippen LogP contribution in [0.3, 0.4) is 0 Å². The lowest BCUT2D eigenvalue weighted by molar-refractivity contribution is -0.274. The zero-order valence-electron chi connectivity index (χ0n) is 12.0. The maximum Gasteiger partial charge on any atom is 0.573 e. The first kappa shape index (κ1) is 15.2. The van der Waals surface area contributed by atoms with Gasteiger partial charge in [0, 0.05) is 12.1 Å². The van der Waals surface area contributed by atoms with E-state index >= 15 is 0 Å². The number of hydrogen-bond donors (Lipinski definition) is 1. The predicted molar refractivity (Wildman–Crippen MR) is 75.3 cm³/mol. The molecule has 2 aliphatic rings. The van der Waals surface area contributed by atoms with E-state index in [0.29, 0.717) is 23.9 Å². The molecule has 2 saturated carbocycles. The number of nitrogens with one attached hydrogen (secondary N) is 1. The number of fused-ring (bicyclic) bond motifs is 2. The molecule has 1 aromatic rings. The van der Waals surface area contributed by atoms with Gasteiger partial charge in [0.1, 0.15) is 5.75 Å². The van der Waals surface area contributed by atoms with Crippen LogP contribution in [-0.4, -0.2) is 12.3 Å². The second-order valence-electron chi connectivity index (χ2n) is 6.26. The molecular weight excluding hydrogens is 295 g/mol. The number of halogens is 3. The quantitative estimate of drug-likeness (QED) is 0.897. The van der Waals surface area contributed by atoms with E-state index in [2.05, 4.69) is 10.1 Å². The van der Waals surface area contributed by atoms with E-state index in [1.165, 1.54) is 43.5 Å². The molecule has 3 atom stereocenters. The Bertz CT molecular complexity index is 541. The van der Waals surface area contributed by atoms with E-state index < -0.39 is 6.36 Å². The summed E-state index contributed by atoms with van der Waals surface area (Å²) in [5, 5.41) is 2.74. The van der Waals surface area contributed by atoms with E-state index in [4.69, 9.17) is 0 Å². The molecule has 0 spiro atoms. The van der Waals surface area contributed by atoms with Gasteiger partial charge in [-0.1, -0.05) is 6.42 Å². The first-order valence-corrected chi connectivity index (χ1v) is 7.55. The minimum atomic E-state index is -4.70. The molecule has 1 amide bonds. The third-order valence-corrected chi connectivity index (χ3v) is 4.70. The van der Waals surface area contributed by atoms with Crippen molar-refractivity contribution in [3.05, 3.63) is 24.3 Å². The lowest BCUT2D eigenvalue weighted by Crippen LogP contribution is -2.20. The third-order valence-electron chi connectivity index (χ3n) is 4.70. The molecule has 22 heavy (non-hydrogen) atoms. The number of amides is 1. The number of hydrogen-bond acceptors (Lipinski definition) is 2. The van der Waals surface area contributed by atoms with Crippen molar-refractivity contribution in [3.63, 3.8) is 0 Å². The van der Waals surface area contributed by atoms with Crippen LogP contribution in [0.4, 0.5) is 18.9 Å². The fraction of sp³-hybridized carbons (Fsp3) is 0.562. The average molecular weight is 313 g/mol. The summed E-state index contributed by atoms with van der Waals surface area (Å²) in [7, 11) is 0. The van der Waals surface area contributed by atoms with Gasteiger partial charge >= 0.3 is 6.36 Å². The molecule has 1 aromatic carbocycles. The maximum atomic E-state index is 12.1. The number of anilines is 1. The Morgan fingerprint density at radius 3 is 2.45 bits per heavy atom. The van der Waals surface area contributed by atoms with Gasteiger partial charge in [-0.15, -0.1) is 13.2 Å². The number of carbonyl (C=O) groups excluding carboxylic acids is 1. The lowest BCUT2D eigenvalue weighted by atomic mass is 9.86. The van der Waals surface area contributed by atoms with Gasteiger partial charge in [0.2, 0.25) is 5.91 Å². The highest BCUT2D eigenvalue weighted by Crippen LogP contribution is 2.49. The molecule has 2 aliphatic carbocycles. The van der Waals surface area contributed by atoms with Crippen LogP contribution < -0.4 is 10.1 Å². The highest BCUT2D eigenvalue weighted by atomic mass is 19.4. The Morgan fingerprint density at radius 2 is 1.91 bits per heavy atom. The minimum absolute atomic E-state index is 0.0676. The van der Waals surface area contributed by atoms with Crippen molar-refractivity contribution in [1.29, 1.82) is 0 Å². The SMILES string of the molecule is O=C(C[C@H]1C[C@@H]2CC[C@@H]1C2)Nc1ccc(OC(F)(F)F)cc1. The third kappa shape index (κ3) is 3.72. The molecule has 1 N–H and O–H groups in total. The number of ether oxygens (including phenoxy) is 1. The van der Waals surface area contributed by atoms with Crippen molar-refractivity contribution in [2.24, 2.45) is 17.8 Å². The minimum Gasteiger partial charge on any atom is -0.406 e. The average Bonchev–Trinajstić information content (AvgIpc) is 3.01. The molecule has 3 nitrogen and oxygen atoms in total. The van der Waals surface area contributed by atoms with Gasteiger partial charge in [0.05, 0.1) is 0 Å². The number of benzene rings is 1. The lowest BCUT2D eigenvalue weighted by Gasteiger charge is -2.20. The molecule has 0 heterocycles. The first-order valence-electron chi connectivity index (χ1n) is 7.55. The largest absolute Gasteiger partial charge is 0.573 e. The zero-order valence-corrected chi connectivity index (χ0v) is 12.0. The summed E-state index contributed by atoms with van der Waals surface area (Å²) in [6.07, 6.45) is 0.710. The smallest absolute Gasteiger partial charge is 0.406 e. The molecule has 0 aliphatic heterocycles. The van der Waals surface area contributed by atoms with Crippen LogP contribution in [0.5, 0.6) is 5.75 Å². The van der Waals surface area contributed by atoms with E-state index in [9.17, 15) is 18.0 Å². The van der Waals surface area contributed by atoms with Crippen LogP contribution in [-0.2, 0) is 4.79 Å². The van der Waals surface area contributed by atoms with Crippen molar-refractivity contribution in [2.45, 2.75) is 38.5 Å². The monoisotopic (exact) mass is 313 g/mol. The van der Waals surface area contributed by atoms with E-state index in [1.807, 2.05) is 0 Å². The topological polar surface area (TPSA) is 38.3 Å². The Hall–Kier alpha value is -1.72. The van der Waals surface area contributed by atoms with Gasteiger partial charge in [0.15, 0.2) is 0 Å². The van der Waals surface area contributed by atoms with Crippen LogP contribution in [0.1, 0.15) is 32.1 Å². The summed E-state index contributed by atoms with van der Waals surface area (Å²) in [6.45, 7) is 0. The van der Waals surface area contributed by atoms with Gasteiger partial charge in [-0.05, 0) is 61.3 Å². The van der Waals surface area contributed by atoms with E-state index in [-0.39, 0.29) is 11.7 Å². The van der Waals surface area contributed by atoms with Crippen molar-refractivity contribution in [3.8, 4) is 5.75 Å². The fourth-order valence-electron chi connectivity index (χ4n) is 3.82. The Balaban J connectivity index is 1.51. The highest BCUT2D eigenvalue weighted by molar-refractivity contribution is 5.90. The molecule has 6 heteroatoms. The van der Waals surface area contributed by atoms with Crippen LogP contribution in [0.25, 0.3) is 0 Å². The predicted octanol–water partition coefficient (Wildman–Crippen LogP) is 4.35. The number of alkyl halides is 3. The molecule has 3 rings (SSSR count). The van der Waals surface area contributed by atoms with E-state index in [1.54, 1.807) is 0 Å². The summed E-state index contributed by atoms with van der Waals surface area (Å²) in [4.78, 5) is 12.0. The van der Waals surface area contributed by atoms with Crippen molar-refractivity contribution >= 4 is 11.6 Å². The summed E-state index contributed by atoms with van der Waals surface area (Å²) in [6, 6.07) is 5.22. The number of carbonyl (C=O) groups is 1. The van der Waals surface area contributed by atoms with E-state index in [0.717, 1.165) is 12.3 Å². The summed E-state index contributed by atoms with van der Waals surface area (Å²) < 4.78 is 40.0. The Labute approximate surface area is 126 Å². The first-order chi connectivity index (χ1) is 10.4. The normalized spacial score (nSPS) is 27.0. The second kappa shape index (κ2) is 5.82. The highest BCUT2D eigenvalue weighted by Gasteiger charge is 2.40. The van der Waals surface area contributed by atoms with Gasteiger partial charge in [-0.25, -0.2) is 0 Å². The Kier molecular flexibility index (Phi) is 4.02. The molecule has 2 bridgehead atoms. The van der Waals surface area contributed by atoms with Gasteiger partial charge < -0.3 is 10.1 Å². The summed E-state index contributed by atoms with van der Waals surface area (Å²) in [5.41, 5.74) is 0.489. The molecular formula is C16H18F3NO2. The molecule has 0 saturated heterocycles.